The first-order valence-electron chi connectivity index (χ1n) is 5.59. The van der Waals surface area contributed by atoms with Gasteiger partial charge in [-0.25, -0.2) is 0 Å². The van der Waals surface area contributed by atoms with Gasteiger partial charge < -0.3 is 4.74 Å². The lowest BCUT2D eigenvalue weighted by Gasteiger charge is -2.24. The molecule has 4 heteroatoms. The van der Waals surface area contributed by atoms with Crippen LogP contribution in [0.15, 0.2) is 0 Å². The molecule has 0 aliphatic rings. The van der Waals surface area contributed by atoms with E-state index in [-0.39, 0.29) is 17.6 Å². The van der Waals surface area contributed by atoms with Crippen LogP contribution in [-0.2, 0) is 14.3 Å². The second-order valence-corrected chi connectivity index (χ2v) is 5.36. The highest BCUT2D eigenvalue weighted by Crippen LogP contribution is 2.24. The van der Waals surface area contributed by atoms with Gasteiger partial charge in [0.25, 0.3) is 0 Å². The van der Waals surface area contributed by atoms with Gasteiger partial charge in [0.2, 0.25) is 0 Å². The van der Waals surface area contributed by atoms with Gasteiger partial charge in [-0.2, -0.15) is 12.6 Å². The second-order valence-electron chi connectivity index (χ2n) is 4.80. The van der Waals surface area contributed by atoms with Gasteiger partial charge in [0.15, 0.2) is 0 Å². The van der Waals surface area contributed by atoms with Gasteiger partial charge in [-0.3, -0.25) is 9.59 Å². The van der Waals surface area contributed by atoms with Gasteiger partial charge in [-0.05, 0) is 11.8 Å². The van der Waals surface area contributed by atoms with Crippen LogP contribution < -0.4 is 0 Å². The fourth-order valence-corrected chi connectivity index (χ4v) is 2.33. The summed E-state index contributed by atoms with van der Waals surface area (Å²) in [6, 6.07) is 0. The van der Waals surface area contributed by atoms with Gasteiger partial charge in [0, 0.05) is 12.3 Å². The van der Waals surface area contributed by atoms with Gasteiger partial charge in [-0.15, -0.1) is 0 Å². The molecule has 16 heavy (non-hydrogen) atoms. The second kappa shape index (κ2) is 6.94. The maximum atomic E-state index is 12.0. The molecule has 0 saturated carbocycles. The molecule has 0 aromatic rings. The number of rotatable bonds is 6. The summed E-state index contributed by atoms with van der Waals surface area (Å²) in [5.41, 5.74) is 0. The van der Waals surface area contributed by atoms with Crippen molar-refractivity contribution in [2.75, 3.05) is 7.11 Å². The largest absolute Gasteiger partial charge is 0.468 e. The maximum absolute atomic E-state index is 12.0. The Hall–Kier alpha value is -0.510. The maximum Gasteiger partial charge on any atom is 0.319 e. The zero-order valence-corrected chi connectivity index (χ0v) is 11.6. The van der Waals surface area contributed by atoms with Crippen LogP contribution in [0.5, 0.6) is 0 Å². The summed E-state index contributed by atoms with van der Waals surface area (Å²) in [5, 5.41) is -0.656. The van der Waals surface area contributed by atoms with E-state index >= 15 is 0 Å². The van der Waals surface area contributed by atoms with E-state index in [1.807, 2.05) is 27.7 Å². The molecule has 0 bridgehead atoms. The molecule has 0 aromatic carbocycles. The number of thiol groups is 1. The quantitative estimate of drug-likeness (QED) is 0.578. The van der Waals surface area contributed by atoms with E-state index in [1.165, 1.54) is 7.11 Å². The van der Waals surface area contributed by atoms with Crippen molar-refractivity contribution in [2.45, 2.75) is 39.4 Å². The summed E-state index contributed by atoms with van der Waals surface area (Å²) in [6.07, 6.45) is 0.483. The van der Waals surface area contributed by atoms with Crippen LogP contribution in [0, 0.1) is 17.8 Å². The Balaban J connectivity index is 4.73. The third-order valence-electron chi connectivity index (χ3n) is 2.48. The molecule has 0 aliphatic heterocycles. The van der Waals surface area contributed by atoms with Crippen LogP contribution in [-0.4, -0.2) is 24.1 Å². The molecule has 2 atom stereocenters. The molecule has 2 unspecified atom stereocenters. The van der Waals surface area contributed by atoms with Crippen molar-refractivity contribution in [3.8, 4) is 0 Å². The lowest BCUT2D eigenvalue weighted by atomic mass is 9.84. The molecule has 0 rings (SSSR count). The standard InChI is InChI=1S/C12H22O3S/c1-7(2)6-9(13)10(8(3)4)11(16)12(14)15-5/h7-8,10-11,16H,6H2,1-5H3. The van der Waals surface area contributed by atoms with Crippen molar-refractivity contribution in [2.24, 2.45) is 17.8 Å². The minimum atomic E-state index is -0.656. The van der Waals surface area contributed by atoms with Crippen LogP contribution in [0.2, 0.25) is 0 Å². The monoisotopic (exact) mass is 246 g/mol. The molecule has 0 saturated heterocycles. The van der Waals surface area contributed by atoms with Crippen molar-refractivity contribution in [1.29, 1.82) is 0 Å². The zero-order valence-electron chi connectivity index (χ0n) is 10.7. The lowest BCUT2D eigenvalue weighted by Crippen LogP contribution is -2.35. The van der Waals surface area contributed by atoms with Crippen LogP contribution in [0.4, 0.5) is 0 Å². The van der Waals surface area contributed by atoms with Crippen molar-refractivity contribution >= 4 is 24.4 Å². The van der Waals surface area contributed by atoms with Crippen molar-refractivity contribution < 1.29 is 14.3 Å². The van der Waals surface area contributed by atoms with E-state index in [4.69, 9.17) is 0 Å². The van der Waals surface area contributed by atoms with Gasteiger partial charge >= 0.3 is 5.97 Å². The molecule has 0 aliphatic carbocycles. The summed E-state index contributed by atoms with van der Waals surface area (Å²) < 4.78 is 4.63. The fraction of sp³-hybridized carbons (Fsp3) is 0.833. The first kappa shape index (κ1) is 15.5. The number of carbonyl (C=O) groups is 2. The van der Waals surface area contributed by atoms with Crippen LogP contribution >= 0.6 is 12.6 Å². The van der Waals surface area contributed by atoms with Crippen molar-refractivity contribution in [3.05, 3.63) is 0 Å². The van der Waals surface area contributed by atoms with Crippen LogP contribution in [0.1, 0.15) is 34.1 Å². The SMILES string of the molecule is COC(=O)C(S)C(C(=O)CC(C)C)C(C)C. The number of carbonyl (C=O) groups excluding carboxylic acids is 2. The Morgan fingerprint density at radius 2 is 1.69 bits per heavy atom. The van der Waals surface area contributed by atoms with E-state index in [1.54, 1.807) is 0 Å². The number of esters is 1. The number of methoxy groups -OCH3 is 1. The summed E-state index contributed by atoms with van der Waals surface area (Å²) in [6.45, 7) is 7.83. The van der Waals surface area contributed by atoms with E-state index < -0.39 is 11.2 Å². The highest BCUT2D eigenvalue weighted by molar-refractivity contribution is 7.81. The van der Waals surface area contributed by atoms with E-state index in [0.29, 0.717) is 12.3 Å². The predicted molar refractivity (Wildman–Crippen MR) is 67.6 cm³/mol. The first-order valence-corrected chi connectivity index (χ1v) is 6.11. The van der Waals surface area contributed by atoms with Gasteiger partial charge in [0.1, 0.15) is 11.0 Å². The molecule has 0 N–H and O–H groups in total. The molecule has 0 fully saturated rings. The van der Waals surface area contributed by atoms with E-state index in [9.17, 15) is 9.59 Å². The fourth-order valence-electron chi connectivity index (χ4n) is 1.72. The normalized spacial score (nSPS) is 15.0. The van der Waals surface area contributed by atoms with Crippen LogP contribution in [0.25, 0.3) is 0 Å². The number of ether oxygens (including phenoxy) is 1. The highest BCUT2D eigenvalue weighted by Gasteiger charge is 2.33. The average Bonchev–Trinajstić information content (AvgIpc) is 2.14. The third kappa shape index (κ3) is 4.56. The van der Waals surface area contributed by atoms with E-state index in [2.05, 4.69) is 17.4 Å². The summed E-state index contributed by atoms with van der Waals surface area (Å²) in [7, 11) is 1.32. The smallest absolute Gasteiger partial charge is 0.319 e. The zero-order chi connectivity index (χ0) is 12.9. The number of hydrogen-bond acceptors (Lipinski definition) is 4. The summed E-state index contributed by atoms with van der Waals surface area (Å²) in [4.78, 5) is 23.4. The Morgan fingerprint density at radius 1 is 1.19 bits per heavy atom. The van der Waals surface area contributed by atoms with Gasteiger partial charge in [0.05, 0.1) is 7.11 Å². The Labute approximate surface area is 103 Å². The molecule has 0 spiro atoms. The molecule has 0 radical (unpaired) electrons. The lowest BCUT2D eigenvalue weighted by molar-refractivity contribution is -0.143. The predicted octanol–water partition coefficient (Wildman–Crippen LogP) is 2.35. The topological polar surface area (TPSA) is 43.4 Å². The van der Waals surface area contributed by atoms with Crippen molar-refractivity contribution in [1.82, 2.24) is 0 Å². The molecular weight excluding hydrogens is 224 g/mol. The minimum absolute atomic E-state index is 0.0906. The molecule has 0 aromatic heterocycles. The minimum Gasteiger partial charge on any atom is -0.468 e. The first-order chi connectivity index (χ1) is 7.31. The summed E-state index contributed by atoms with van der Waals surface area (Å²) in [5.74, 6) is -0.312. The van der Waals surface area contributed by atoms with Gasteiger partial charge in [-0.1, -0.05) is 27.7 Å². The van der Waals surface area contributed by atoms with Crippen molar-refractivity contribution in [3.63, 3.8) is 0 Å². The molecule has 0 amide bonds. The third-order valence-corrected chi connectivity index (χ3v) is 3.01. The summed E-state index contributed by atoms with van der Waals surface area (Å²) >= 11 is 4.21. The molecule has 3 nitrogen and oxygen atoms in total. The Bertz CT molecular complexity index is 249. The van der Waals surface area contributed by atoms with E-state index in [0.717, 1.165) is 0 Å². The number of ketones is 1. The van der Waals surface area contributed by atoms with Crippen LogP contribution in [0.3, 0.4) is 0 Å². The Morgan fingerprint density at radius 3 is 2.00 bits per heavy atom. The highest BCUT2D eigenvalue weighted by atomic mass is 32.1. The number of Topliss-reactive ketones (excluding diaryl/α,β-unsaturated/α-hetero) is 1. The Kier molecular flexibility index (Phi) is 6.72. The average molecular weight is 246 g/mol. The molecular formula is C12H22O3S. The number of hydrogen-bond donors (Lipinski definition) is 1. The molecule has 0 heterocycles. The molecule has 94 valence electrons.